The monoisotopic (exact) mass is 1180 g/mol. The molecule has 0 fully saturated rings. The molecule has 28 heteroatoms. The second kappa shape index (κ2) is 15.6. The molecule has 0 amide bonds. The number of hydrogen-bond donors (Lipinski definition) is 0. The molecule has 0 aliphatic carbocycles. The van der Waals surface area contributed by atoms with Gasteiger partial charge in [0.15, 0.2) is 31.7 Å². The van der Waals surface area contributed by atoms with Crippen LogP contribution >= 0.6 is 313 Å². The highest BCUT2D eigenvalue weighted by molar-refractivity contribution is 6.82. The standard InChI is InChI=1S/C18H2Cl27O/c19-7(20,10(25,26)13(31,32)16(37,38)39)3-1-4(8(21,22)11(27,28)14(33,34)17(40,41)42)6(46)5(2-3)9(23,24)12(29,30)15(35,36)18(43,44)45/h1-2H. The van der Waals surface area contributed by atoms with Crippen molar-refractivity contribution in [3.05, 3.63) is 28.8 Å². The summed E-state index contributed by atoms with van der Waals surface area (Å²) in [5.41, 5.74) is -2.84. The number of alkyl halides is 27. The quantitative estimate of drug-likeness (QED) is 0.220. The molecule has 0 aromatic heterocycles. The molecule has 269 valence electrons. The molecule has 1 radical (unpaired) electrons. The van der Waals surface area contributed by atoms with Gasteiger partial charge in [0, 0.05) is 11.1 Å². The van der Waals surface area contributed by atoms with Crippen molar-refractivity contribution >= 4 is 313 Å². The van der Waals surface area contributed by atoms with Gasteiger partial charge in [-0.25, -0.2) is 0 Å². The SMILES string of the molecule is [O]c1c(C(Cl)(Cl)C(Cl)(Cl)C(Cl)(Cl)C(Cl)(Cl)Cl)cc(C(Cl)(Cl)C(Cl)(Cl)C(Cl)(Cl)C(Cl)(Cl)Cl)cc1C(Cl)(Cl)C(Cl)(Cl)C(Cl)(Cl)C(Cl)(Cl)Cl. The molecule has 1 aromatic rings. The smallest absolute Gasteiger partial charge is 0.226 e. The maximum Gasteiger partial charge on any atom is 0.226 e. The molecule has 46 heavy (non-hydrogen) atoms. The van der Waals surface area contributed by atoms with E-state index in [1.165, 1.54) is 0 Å². The maximum absolute atomic E-state index is 14.2. The van der Waals surface area contributed by atoms with E-state index < -0.39 is 72.8 Å². The molecule has 1 nitrogen and oxygen atoms in total. The minimum absolute atomic E-state index is 0.646. The summed E-state index contributed by atoms with van der Waals surface area (Å²) in [6.45, 7) is 0. The van der Waals surface area contributed by atoms with Crippen molar-refractivity contribution < 1.29 is 5.11 Å². The summed E-state index contributed by atoms with van der Waals surface area (Å²) in [5.74, 6) is -1.47. The minimum atomic E-state index is -3.13. The molecular formula is C18H2Cl27O. The van der Waals surface area contributed by atoms with Gasteiger partial charge in [0.25, 0.3) is 0 Å². The van der Waals surface area contributed by atoms with Crippen LogP contribution in [0.5, 0.6) is 5.75 Å². The third kappa shape index (κ3) is 8.51. The number of benzene rings is 1. The molecule has 0 atom stereocenters. The van der Waals surface area contributed by atoms with Gasteiger partial charge in [0.2, 0.25) is 24.4 Å². The highest BCUT2D eigenvalue weighted by atomic mass is 35.6. The zero-order chi connectivity index (χ0) is 37.7. The van der Waals surface area contributed by atoms with Crippen molar-refractivity contribution in [2.45, 2.75) is 50.4 Å². The fourth-order valence-corrected chi connectivity index (χ4v) is 9.60. The van der Waals surface area contributed by atoms with Gasteiger partial charge in [-0.2, -0.15) is 0 Å². The van der Waals surface area contributed by atoms with Gasteiger partial charge in [0.05, 0.1) is 0 Å². The van der Waals surface area contributed by atoms with E-state index >= 15 is 0 Å². The maximum atomic E-state index is 14.2. The van der Waals surface area contributed by atoms with Crippen molar-refractivity contribution in [1.82, 2.24) is 0 Å². The lowest BCUT2D eigenvalue weighted by atomic mass is 9.92. The lowest BCUT2D eigenvalue weighted by molar-refractivity contribution is 0.337. The van der Waals surface area contributed by atoms with Crippen LogP contribution in [0.25, 0.3) is 0 Å². The Morgan fingerprint density at radius 1 is 0.304 bits per heavy atom. The van der Waals surface area contributed by atoms with Crippen LogP contribution in [0.4, 0.5) is 0 Å². The zero-order valence-electron chi connectivity index (χ0n) is 19.8. The summed E-state index contributed by atoms with van der Waals surface area (Å²) in [7, 11) is 0. The van der Waals surface area contributed by atoms with Crippen molar-refractivity contribution in [2.24, 2.45) is 0 Å². The number of hydrogen-bond acceptors (Lipinski definition) is 0. The van der Waals surface area contributed by atoms with Crippen LogP contribution < -0.4 is 0 Å². The zero-order valence-corrected chi connectivity index (χ0v) is 40.2. The van der Waals surface area contributed by atoms with Crippen LogP contribution in [0.3, 0.4) is 0 Å². The van der Waals surface area contributed by atoms with E-state index in [1.807, 2.05) is 0 Å². The van der Waals surface area contributed by atoms with Crippen LogP contribution in [0.1, 0.15) is 16.7 Å². The van der Waals surface area contributed by atoms with Crippen LogP contribution in [-0.4, -0.2) is 37.4 Å². The summed E-state index contributed by atoms with van der Waals surface area (Å²) < 4.78 is -35.6. The first-order chi connectivity index (χ1) is 19.5. The average molecular weight is 1190 g/mol. The summed E-state index contributed by atoms with van der Waals surface area (Å²) in [5, 5.41) is 14.2. The van der Waals surface area contributed by atoms with E-state index in [9.17, 15) is 5.11 Å². The molecule has 0 N–H and O–H groups in total. The van der Waals surface area contributed by atoms with Crippen molar-refractivity contribution in [1.29, 1.82) is 0 Å². The summed E-state index contributed by atoms with van der Waals surface area (Å²) in [6, 6.07) is 1.29. The largest absolute Gasteiger partial charge is 0.289 e. The van der Waals surface area contributed by atoms with Crippen molar-refractivity contribution in [2.75, 3.05) is 0 Å². The predicted octanol–water partition coefficient (Wildman–Crippen LogP) is 17.9. The summed E-state index contributed by atoms with van der Waals surface area (Å²) in [6.07, 6.45) is 0. The first-order valence-corrected chi connectivity index (χ1v) is 20.2. The third-order valence-electron chi connectivity index (χ3n) is 5.56. The molecule has 1 rings (SSSR count). The Labute approximate surface area is 397 Å². The molecule has 0 spiro atoms. The molecular weight excluding hydrogens is 1190 g/mol. The first-order valence-electron chi connectivity index (χ1n) is 9.96. The van der Waals surface area contributed by atoms with Gasteiger partial charge in [-0.3, -0.25) is 5.11 Å². The Balaban J connectivity index is 4.58. The van der Waals surface area contributed by atoms with E-state index in [4.69, 9.17) is 313 Å². The molecule has 0 unspecified atom stereocenters. The molecule has 0 aliphatic rings. The van der Waals surface area contributed by atoms with E-state index in [1.54, 1.807) is 0 Å². The van der Waals surface area contributed by atoms with Crippen molar-refractivity contribution in [3.8, 4) is 5.75 Å². The molecule has 0 aliphatic heterocycles. The molecule has 1 aromatic carbocycles. The molecule has 0 saturated carbocycles. The predicted molar refractivity (Wildman–Crippen MR) is 214 cm³/mol. The van der Waals surface area contributed by atoms with Crippen LogP contribution in [0.2, 0.25) is 0 Å². The average Bonchev–Trinajstić information content (AvgIpc) is 2.80. The van der Waals surface area contributed by atoms with Gasteiger partial charge < -0.3 is 0 Å². The fourth-order valence-electron chi connectivity index (χ4n) is 2.92. The Bertz CT molecular complexity index is 1220. The van der Waals surface area contributed by atoms with Gasteiger partial charge >= 0.3 is 0 Å². The Morgan fingerprint density at radius 2 is 0.500 bits per heavy atom. The van der Waals surface area contributed by atoms with Crippen LogP contribution in [0.15, 0.2) is 12.1 Å². The third-order valence-corrected chi connectivity index (χ3v) is 21.9. The summed E-state index contributed by atoms with van der Waals surface area (Å²) >= 11 is 168. The van der Waals surface area contributed by atoms with E-state index in [0.29, 0.717) is 12.1 Å². The van der Waals surface area contributed by atoms with Crippen LogP contribution in [0, 0.1) is 0 Å². The van der Waals surface area contributed by atoms with Gasteiger partial charge in [-0.1, -0.05) is 313 Å². The highest BCUT2D eigenvalue weighted by Crippen LogP contribution is 2.71. The lowest BCUT2D eigenvalue weighted by Gasteiger charge is -2.47. The highest BCUT2D eigenvalue weighted by Gasteiger charge is 2.73. The fraction of sp³-hybridized carbons (Fsp3) is 0.667. The first kappa shape index (κ1) is 50.9. The molecule has 0 heterocycles. The minimum Gasteiger partial charge on any atom is -0.289 e. The van der Waals surface area contributed by atoms with E-state index in [0.717, 1.165) is 0 Å². The van der Waals surface area contributed by atoms with Crippen LogP contribution in [-0.2, 0) is 18.1 Å². The van der Waals surface area contributed by atoms with Gasteiger partial charge in [0.1, 0.15) is 0 Å². The normalized spacial score (nSPS) is 16.2. The summed E-state index contributed by atoms with van der Waals surface area (Å²) in [4.78, 5) is 0. The van der Waals surface area contributed by atoms with E-state index in [-0.39, 0.29) is 0 Å². The Kier molecular flexibility index (Phi) is 17.2. The number of halogens is 27. The Hall–Kier alpha value is 6.85. The van der Waals surface area contributed by atoms with Crippen molar-refractivity contribution in [3.63, 3.8) is 0 Å². The molecule has 0 bridgehead atoms. The lowest BCUT2D eigenvalue weighted by Crippen LogP contribution is -2.56. The molecule has 0 saturated heterocycles. The Morgan fingerprint density at radius 3 is 0.696 bits per heavy atom. The van der Waals surface area contributed by atoms with Gasteiger partial charge in [-0.15, -0.1) is 0 Å². The topological polar surface area (TPSA) is 19.9 Å². The second-order valence-electron chi connectivity index (χ2n) is 8.56. The number of rotatable bonds is 9. The second-order valence-corrected chi connectivity index (χ2v) is 27.4. The van der Waals surface area contributed by atoms with Gasteiger partial charge in [-0.05, 0) is 17.7 Å². The van der Waals surface area contributed by atoms with E-state index in [2.05, 4.69) is 0 Å².